The van der Waals surface area contributed by atoms with Crippen LogP contribution in [0.25, 0.3) is 0 Å². The van der Waals surface area contributed by atoms with Gasteiger partial charge in [-0.1, -0.05) is 25.1 Å². The third-order valence-corrected chi connectivity index (χ3v) is 3.74. The monoisotopic (exact) mass is 258 g/mol. The first kappa shape index (κ1) is 14.1. The lowest BCUT2D eigenvalue weighted by atomic mass is 10.1. The molecule has 2 heteroatoms. The molecule has 1 aromatic rings. The smallest absolute Gasteiger partial charge is 0.0371 e. The summed E-state index contributed by atoms with van der Waals surface area (Å²) >= 11 is 0. The summed E-state index contributed by atoms with van der Waals surface area (Å²) in [6, 6.07) is 10.2. The maximum absolute atomic E-state index is 3.86. The van der Waals surface area contributed by atoms with Gasteiger partial charge < -0.3 is 10.2 Å². The molecule has 1 atom stereocenters. The Labute approximate surface area is 117 Å². The number of hydrogen-bond acceptors (Lipinski definition) is 2. The van der Waals surface area contributed by atoms with E-state index < -0.39 is 0 Å². The predicted octanol–water partition coefficient (Wildman–Crippen LogP) is 3.90. The van der Waals surface area contributed by atoms with Crippen LogP contribution in [0.4, 0.5) is 5.69 Å². The third kappa shape index (κ3) is 3.84. The van der Waals surface area contributed by atoms with Crippen molar-refractivity contribution in [3.63, 3.8) is 0 Å². The van der Waals surface area contributed by atoms with E-state index in [0.717, 1.165) is 19.1 Å². The average Bonchev–Trinajstić information content (AvgIpc) is 3.27. The quantitative estimate of drug-likeness (QED) is 0.711. The van der Waals surface area contributed by atoms with E-state index in [1.807, 2.05) is 6.08 Å². The van der Waals surface area contributed by atoms with Gasteiger partial charge in [-0.25, -0.2) is 0 Å². The fraction of sp³-hybridized carbons (Fsp3) is 0.529. The molecule has 0 aromatic heterocycles. The molecule has 1 saturated carbocycles. The van der Waals surface area contributed by atoms with Crippen LogP contribution in [0.3, 0.4) is 0 Å². The van der Waals surface area contributed by atoms with E-state index >= 15 is 0 Å². The van der Waals surface area contributed by atoms with E-state index in [0.29, 0.717) is 6.04 Å². The molecule has 2 nitrogen and oxygen atoms in total. The highest BCUT2D eigenvalue weighted by Crippen LogP contribution is 2.32. The zero-order valence-electron chi connectivity index (χ0n) is 12.2. The highest BCUT2D eigenvalue weighted by Gasteiger charge is 2.28. The fourth-order valence-electron chi connectivity index (χ4n) is 2.42. The molecular formula is C17H26N2. The topological polar surface area (TPSA) is 15.3 Å². The molecule has 2 rings (SSSR count). The van der Waals surface area contributed by atoms with Crippen LogP contribution in [0.2, 0.25) is 0 Å². The molecule has 0 radical (unpaired) electrons. The van der Waals surface area contributed by atoms with Gasteiger partial charge in [0.2, 0.25) is 0 Å². The zero-order valence-corrected chi connectivity index (χ0v) is 12.2. The van der Waals surface area contributed by atoms with Gasteiger partial charge in [0.1, 0.15) is 0 Å². The van der Waals surface area contributed by atoms with Crippen LogP contribution in [0, 0.1) is 0 Å². The minimum atomic E-state index is 0.433. The van der Waals surface area contributed by atoms with Crippen molar-refractivity contribution in [1.29, 1.82) is 0 Å². The van der Waals surface area contributed by atoms with Gasteiger partial charge in [-0.05, 0) is 50.4 Å². The van der Waals surface area contributed by atoms with E-state index in [1.54, 1.807) is 0 Å². The first-order valence-electron chi connectivity index (χ1n) is 7.47. The molecule has 0 bridgehead atoms. The van der Waals surface area contributed by atoms with Crippen molar-refractivity contribution in [2.75, 3.05) is 18.0 Å². The van der Waals surface area contributed by atoms with Crippen molar-refractivity contribution in [3.8, 4) is 0 Å². The standard InChI is InChI=1S/C17H26N2/c1-4-12-18-14(3)15-6-8-16(9-7-15)19(13-5-2)17-10-11-17/h5-9,14,17-18H,2,4,10-13H2,1,3H3. The summed E-state index contributed by atoms with van der Waals surface area (Å²) < 4.78 is 0. The molecule has 1 unspecified atom stereocenters. The molecule has 1 aliphatic rings. The van der Waals surface area contributed by atoms with Crippen molar-refractivity contribution < 1.29 is 0 Å². The third-order valence-electron chi connectivity index (χ3n) is 3.74. The Hall–Kier alpha value is -1.28. The molecule has 0 saturated heterocycles. The van der Waals surface area contributed by atoms with Gasteiger partial charge in [0.05, 0.1) is 0 Å². The highest BCUT2D eigenvalue weighted by molar-refractivity contribution is 5.50. The second kappa shape index (κ2) is 6.76. The van der Waals surface area contributed by atoms with Gasteiger partial charge in [-0.2, -0.15) is 0 Å². The Morgan fingerprint density at radius 1 is 1.37 bits per heavy atom. The SMILES string of the molecule is C=CCN(c1ccc(C(C)NCCC)cc1)C1CC1. The highest BCUT2D eigenvalue weighted by atomic mass is 15.2. The van der Waals surface area contributed by atoms with Gasteiger partial charge in [0.25, 0.3) is 0 Å². The number of nitrogens with one attached hydrogen (secondary N) is 1. The predicted molar refractivity (Wildman–Crippen MR) is 83.7 cm³/mol. The second-order valence-electron chi connectivity index (χ2n) is 5.44. The van der Waals surface area contributed by atoms with Crippen LogP contribution in [0.15, 0.2) is 36.9 Å². The first-order valence-corrected chi connectivity index (χ1v) is 7.47. The maximum atomic E-state index is 3.86. The summed E-state index contributed by atoms with van der Waals surface area (Å²) in [5.74, 6) is 0. The van der Waals surface area contributed by atoms with Crippen molar-refractivity contribution in [2.45, 2.75) is 45.2 Å². The summed E-state index contributed by atoms with van der Waals surface area (Å²) in [7, 11) is 0. The van der Waals surface area contributed by atoms with Crippen LogP contribution in [-0.2, 0) is 0 Å². The normalized spacial score (nSPS) is 16.1. The Balaban J connectivity index is 2.02. The number of hydrogen-bond donors (Lipinski definition) is 1. The van der Waals surface area contributed by atoms with Crippen LogP contribution < -0.4 is 10.2 Å². The van der Waals surface area contributed by atoms with Crippen molar-refractivity contribution in [3.05, 3.63) is 42.5 Å². The lowest BCUT2D eigenvalue weighted by Crippen LogP contribution is -2.25. The molecular weight excluding hydrogens is 232 g/mol. The Morgan fingerprint density at radius 2 is 2.05 bits per heavy atom. The minimum absolute atomic E-state index is 0.433. The number of nitrogens with zero attached hydrogens (tertiary/aromatic N) is 1. The van der Waals surface area contributed by atoms with Gasteiger partial charge in [-0.15, -0.1) is 6.58 Å². The number of rotatable bonds is 8. The molecule has 1 N–H and O–H groups in total. The minimum Gasteiger partial charge on any atom is -0.365 e. The molecule has 19 heavy (non-hydrogen) atoms. The summed E-state index contributed by atoms with van der Waals surface area (Å²) in [5, 5.41) is 3.53. The van der Waals surface area contributed by atoms with Crippen LogP contribution >= 0.6 is 0 Å². The van der Waals surface area contributed by atoms with Crippen molar-refractivity contribution >= 4 is 5.69 Å². The molecule has 1 fully saturated rings. The fourth-order valence-corrected chi connectivity index (χ4v) is 2.42. The van der Waals surface area contributed by atoms with Crippen LogP contribution in [0.1, 0.15) is 44.7 Å². The zero-order chi connectivity index (χ0) is 13.7. The summed E-state index contributed by atoms with van der Waals surface area (Å²) in [4.78, 5) is 2.46. The Bertz CT molecular complexity index is 392. The molecule has 1 aromatic carbocycles. The van der Waals surface area contributed by atoms with E-state index in [9.17, 15) is 0 Å². The van der Waals surface area contributed by atoms with E-state index in [-0.39, 0.29) is 0 Å². The molecule has 1 aliphatic carbocycles. The largest absolute Gasteiger partial charge is 0.365 e. The van der Waals surface area contributed by atoms with Gasteiger partial charge in [0, 0.05) is 24.3 Å². The second-order valence-corrected chi connectivity index (χ2v) is 5.44. The van der Waals surface area contributed by atoms with Crippen LogP contribution in [-0.4, -0.2) is 19.1 Å². The Morgan fingerprint density at radius 3 is 2.58 bits per heavy atom. The van der Waals surface area contributed by atoms with Gasteiger partial charge in [0.15, 0.2) is 0 Å². The van der Waals surface area contributed by atoms with E-state index in [4.69, 9.17) is 0 Å². The summed E-state index contributed by atoms with van der Waals surface area (Å²) in [6.45, 7) is 10.3. The molecule has 0 spiro atoms. The summed E-state index contributed by atoms with van der Waals surface area (Å²) in [5.41, 5.74) is 2.69. The lowest BCUT2D eigenvalue weighted by Gasteiger charge is -2.24. The van der Waals surface area contributed by atoms with E-state index in [2.05, 4.69) is 54.9 Å². The number of benzene rings is 1. The number of anilines is 1. The molecule has 0 amide bonds. The van der Waals surface area contributed by atoms with E-state index in [1.165, 1.54) is 30.5 Å². The van der Waals surface area contributed by atoms with Gasteiger partial charge in [-0.3, -0.25) is 0 Å². The lowest BCUT2D eigenvalue weighted by molar-refractivity contribution is 0.570. The van der Waals surface area contributed by atoms with Crippen molar-refractivity contribution in [1.82, 2.24) is 5.32 Å². The summed E-state index contributed by atoms with van der Waals surface area (Å²) in [6.07, 6.45) is 5.82. The first-order chi connectivity index (χ1) is 9.26. The van der Waals surface area contributed by atoms with Crippen LogP contribution in [0.5, 0.6) is 0 Å². The molecule has 0 aliphatic heterocycles. The maximum Gasteiger partial charge on any atom is 0.0371 e. The Kier molecular flexibility index (Phi) is 5.03. The molecule has 0 heterocycles. The average molecular weight is 258 g/mol. The van der Waals surface area contributed by atoms with Gasteiger partial charge >= 0.3 is 0 Å². The van der Waals surface area contributed by atoms with Crippen molar-refractivity contribution in [2.24, 2.45) is 0 Å². The molecule has 104 valence electrons.